The van der Waals surface area contributed by atoms with Crippen molar-refractivity contribution in [1.29, 1.82) is 0 Å². The first-order chi connectivity index (χ1) is 15.1. The molecular formula is C24H25NO5S. The number of carbonyl (C=O) groups excluding carboxylic acids is 2. The number of nitrogens with one attached hydrogen (secondary N) is 1. The monoisotopic (exact) mass is 439 g/mol. The number of rotatable bonds is 9. The minimum atomic E-state index is -0.480. The van der Waals surface area contributed by atoms with Gasteiger partial charge in [-0.05, 0) is 36.6 Å². The van der Waals surface area contributed by atoms with Crippen LogP contribution < -0.4 is 14.8 Å². The zero-order valence-electron chi connectivity index (χ0n) is 17.8. The third-order valence-corrected chi connectivity index (χ3v) is 5.60. The average Bonchev–Trinajstić information content (AvgIpc) is 3.21. The molecule has 0 radical (unpaired) electrons. The molecule has 1 N–H and O–H groups in total. The predicted molar refractivity (Wildman–Crippen MR) is 122 cm³/mol. The largest absolute Gasteiger partial charge is 0.493 e. The summed E-state index contributed by atoms with van der Waals surface area (Å²) in [5, 5.41) is 5.19. The Labute approximate surface area is 185 Å². The quantitative estimate of drug-likeness (QED) is 0.465. The van der Waals surface area contributed by atoms with Crippen LogP contribution in [0.1, 0.15) is 29.3 Å². The first kappa shape index (κ1) is 22.4. The number of methoxy groups -OCH3 is 2. The number of esters is 1. The molecule has 0 saturated heterocycles. The van der Waals surface area contributed by atoms with E-state index in [2.05, 4.69) is 5.32 Å². The summed E-state index contributed by atoms with van der Waals surface area (Å²) >= 11 is 1.29. The molecule has 0 bridgehead atoms. The van der Waals surface area contributed by atoms with Gasteiger partial charge < -0.3 is 19.5 Å². The number of carbonyl (C=O) groups is 2. The van der Waals surface area contributed by atoms with Crippen LogP contribution in [0.3, 0.4) is 0 Å². The summed E-state index contributed by atoms with van der Waals surface area (Å²) < 4.78 is 15.9. The molecule has 0 saturated carbocycles. The van der Waals surface area contributed by atoms with E-state index in [1.165, 1.54) is 11.3 Å². The van der Waals surface area contributed by atoms with Gasteiger partial charge in [0.2, 0.25) is 5.91 Å². The molecule has 0 aliphatic carbocycles. The molecule has 6 nitrogen and oxygen atoms in total. The van der Waals surface area contributed by atoms with E-state index < -0.39 is 5.97 Å². The van der Waals surface area contributed by atoms with Gasteiger partial charge in [-0.2, -0.15) is 0 Å². The number of thiophene rings is 1. The topological polar surface area (TPSA) is 73.9 Å². The summed E-state index contributed by atoms with van der Waals surface area (Å²) in [6.45, 7) is 1.99. The average molecular weight is 440 g/mol. The van der Waals surface area contributed by atoms with Crippen LogP contribution in [0.15, 0.2) is 53.9 Å². The van der Waals surface area contributed by atoms with Crippen molar-refractivity contribution in [2.45, 2.75) is 19.8 Å². The smallest absolute Gasteiger partial charge is 0.341 e. The molecule has 7 heteroatoms. The first-order valence-corrected chi connectivity index (χ1v) is 10.8. The molecule has 3 rings (SSSR count). The van der Waals surface area contributed by atoms with Gasteiger partial charge in [-0.25, -0.2) is 4.79 Å². The number of aryl methyl sites for hydroxylation is 1. The van der Waals surface area contributed by atoms with Crippen LogP contribution in [0.4, 0.5) is 5.00 Å². The number of benzene rings is 2. The van der Waals surface area contributed by atoms with E-state index in [4.69, 9.17) is 14.2 Å². The molecule has 1 amide bonds. The Bertz CT molecular complexity index is 1050. The fourth-order valence-corrected chi connectivity index (χ4v) is 4.14. The van der Waals surface area contributed by atoms with Gasteiger partial charge in [0.25, 0.3) is 0 Å². The fraction of sp³-hybridized carbons (Fsp3) is 0.250. The molecular weight excluding hydrogens is 414 g/mol. The maximum atomic E-state index is 12.7. The second kappa shape index (κ2) is 10.6. The Morgan fingerprint density at radius 3 is 2.42 bits per heavy atom. The molecule has 2 aromatic carbocycles. The molecule has 0 aliphatic heterocycles. The molecule has 1 heterocycles. The van der Waals surface area contributed by atoms with Crippen molar-refractivity contribution >= 4 is 28.2 Å². The standard InChI is InChI=1S/C24H25NO5S/c1-4-30-24(27)22-18(17-11-12-19(28-2)20(14-17)29-3)15-31-23(22)25-21(26)13-10-16-8-6-5-7-9-16/h5-9,11-12,14-15H,4,10,13H2,1-3H3,(H,25,26). The summed E-state index contributed by atoms with van der Waals surface area (Å²) in [5.74, 6) is 0.505. The highest BCUT2D eigenvalue weighted by Crippen LogP contribution is 2.39. The molecule has 0 aliphatic rings. The lowest BCUT2D eigenvalue weighted by atomic mass is 10.0. The minimum absolute atomic E-state index is 0.157. The van der Waals surface area contributed by atoms with Gasteiger partial charge in [-0.3, -0.25) is 4.79 Å². The zero-order valence-corrected chi connectivity index (χ0v) is 18.6. The Morgan fingerprint density at radius 2 is 1.74 bits per heavy atom. The second-order valence-corrected chi connectivity index (χ2v) is 7.56. The number of hydrogen-bond donors (Lipinski definition) is 1. The Balaban J connectivity index is 1.87. The predicted octanol–water partition coefficient (Wildman–Crippen LogP) is 5.18. The van der Waals surface area contributed by atoms with Gasteiger partial charge in [0.05, 0.1) is 20.8 Å². The van der Waals surface area contributed by atoms with Crippen molar-refractivity contribution in [2.75, 3.05) is 26.1 Å². The highest BCUT2D eigenvalue weighted by molar-refractivity contribution is 7.15. The summed E-state index contributed by atoms with van der Waals surface area (Å²) in [6.07, 6.45) is 0.936. The lowest BCUT2D eigenvalue weighted by Gasteiger charge is -2.11. The van der Waals surface area contributed by atoms with Crippen molar-refractivity contribution in [3.05, 3.63) is 65.0 Å². The fourth-order valence-electron chi connectivity index (χ4n) is 3.16. The Hall–Kier alpha value is -3.32. The maximum Gasteiger partial charge on any atom is 0.341 e. The first-order valence-electron chi connectivity index (χ1n) is 9.92. The van der Waals surface area contributed by atoms with Crippen LogP contribution >= 0.6 is 11.3 Å². The van der Waals surface area contributed by atoms with E-state index in [1.807, 2.05) is 41.8 Å². The summed E-state index contributed by atoms with van der Waals surface area (Å²) in [7, 11) is 3.12. The van der Waals surface area contributed by atoms with Crippen LogP contribution in [0.25, 0.3) is 11.1 Å². The SMILES string of the molecule is CCOC(=O)c1c(-c2ccc(OC)c(OC)c2)csc1NC(=O)CCc1ccccc1. The van der Waals surface area contributed by atoms with Gasteiger partial charge in [-0.1, -0.05) is 36.4 Å². The van der Waals surface area contributed by atoms with E-state index in [0.29, 0.717) is 40.5 Å². The van der Waals surface area contributed by atoms with Gasteiger partial charge in [-0.15, -0.1) is 11.3 Å². The lowest BCUT2D eigenvalue weighted by molar-refractivity contribution is -0.116. The number of hydrogen-bond acceptors (Lipinski definition) is 6. The highest BCUT2D eigenvalue weighted by atomic mass is 32.1. The second-order valence-electron chi connectivity index (χ2n) is 6.68. The van der Waals surface area contributed by atoms with Crippen LogP contribution in [-0.2, 0) is 16.0 Å². The van der Waals surface area contributed by atoms with Crippen molar-refractivity contribution in [3.63, 3.8) is 0 Å². The minimum Gasteiger partial charge on any atom is -0.493 e. The van der Waals surface area contributed by atoms with Crippen molar-refractivity contribution < 1.29 is 23.8 Å². The molecule has 0 unspecified atom stereocenters. The van der Waals surface area contributed by atoms with Crippen molar-refractivity contribution in [2.24, 2.45) is 0 Å². The van der Waals surface area contributed by atoms with Gasteiger partial charge >= 0.3 is 5.97 Å². The number of anilines is 1. The van der Waals surface area contributed by atoms with E-state index >= 15 is 0 Å². The normalized spacial score (nSPS) is 10.4. The van der Waals surface area contributed by atoms with E-state index in [-0.39, 0.29) is 12.5 Å². The zero-order chi connectivity index (χ0) is 22.2. The third kappa shape index (κ3) is 5.44. The molecule has 0 fully saturated rings. The van der Waals surface area contributed by atoms with E-state index in [0.717, 1.165) is 11.1 Å². The van der Waals surface area contributed by atoms with Gasteiger partial charge in [0.1, 0.15) is 10.6 Å². The molecule has 31 heavy (non-hydrogen) atoms. The van der Waals surface area contributed by atoms with Crippen LogP contribution in [0.2, 0.25) is 0 Å². The third-order valence-electron chi connectivity index (χ3n) is 4.70. The maximum absolute atomic E-state index is 12.7. The number of amides is 1. The Kier molecular flexibility index (Phi) is 7.67. The van der Waals surface area contributed by atoms with E-state index in [9.17, 15) is 9.59 Å². The Morgan fingerprint density at radius 1 is 1.00 bits per heavy atom. The van der Waals surface area contributed by atoms with Crippen molar-refractivity contribution in [3.8, 4) is 22.6 Å². The van der Waals surface area contributed by atoms with Crippen LogP contribution in [0.5, 0.6) is 11.5 Å². The van der Waals surface area contributed by atoms with Crippen molar-refractivity contribution in [1.82, 2.24) is 0 Å². The molecule has 0 atom stereocenters. The summed E-state index contributed by atoms with van der Waals surface area (Å²) in [4.78, 5) is 25.3. The lowest BCUT2D eigenvalue weighted by Crippen LogP contribution is -2.15. The van der Waals surface area contributed by atoms with Crippen LogP contribution in [0, 0.1) is 0 Å². The number of ether oxygens (including phenoxy) is 3. The van der Waals surface area contributed by atoms with E-state index in [1.54, 1.807) is 33.3 Å². The summed E-state index contributed by atoms with van der Waals surface area (Å²) in [6, 6.07) is 15.2. The molecule has 162 valence electrons. The highest BCUT2D eigenvalue weighted by Gasteiger charge is 2.23. The van der Waals surface area contributed by atoms with Crippen LogP contribution in [-0.4, -0.2) is 32.7 Å². The van der Waals surface area contributed by atoms with Gasteiger partial charge in [0, 0.05) is 17.4 Å². The van der Waals surface area contributed by atoms with Gasteiger partial charge in [0.15, 0.2) is 11.5 Å². The summed E-state index contributed by atoms with van der Waals surface area (Å²) in [5.41, 5.74) is 2.86. The molecule has 0 spiro atoms. The molecule has 1 aromatic heterocycles. The molecule has 3 aromatic rings.